The number of hydrogen-bond acceptors (Lipinski definition) is 1. The first-order valence-corrected chi connectivity index (χ1v) is 7.68. The molecular weight excluding hydrogens is 230 g/mol. The Morgan fingerprint density at radius 2 is 2.11 bits per heavy atom. The van der Waals surface area contributed by atoms with Crippen LogP contribution in [-0.2, 0) is 0 Å². The Kier molecular flexibility index (Phi) is 3.54. The van der Waals surface area contributed by atoms with Crippen molar-refractivity contribution in [1.82, 2.24) is 4.98 Å². The summed E-state index contributed by atoms with van der Waals surface area (Å²) in [5.41, 5.74) is 4.74. The Morgan fingerprint density at radius 1 is 1.21 bits per heavy atom. The van der Waals surface area contributed by atoms with Gasteiger partial charge in [-0.05, 0) is 48.5 Å². The highest BCUT2D eigenvalue weighted by Gasteiger charge is 2.37. The van der Waals surface area contributed by atoms with Crippen LogP contribution in [-0.4, -0.2) is 4.98 Å². The maximum absolute atomic E-state index is 4.28. The fourth-order valence-corrected chi connectivity index (χ4v) is 3.28. The second kappa shape index (κ2) is 5.32. The fraction of sp³-hybridized carbons (Fsp3) is 0.500. The van der Waals surface area contributed by atoms with E-state index in [9.17, 15) is 0 Å². The number of allylic oxidation sites excluding steroid dienone is 4. The number of pyridine rings is 1. The zero-order chi connectivity index (χ0) is 13.1. The lowest BCUT2D eigenvalue weighted by Gasteiger charge is -2.34. The van der Waals surface area contributed by atoms with Crippen molar-refractivity contribution >= 4 is 5.57 Å². The van der Waals surface area contributed by atoms with Gasteiger partial charge in [0.2, 0.25) is 0 Å². The van der Waals surface area contributed by atoms with E-state index < -0.39 is 0 Å². The van der Waals surface area contributed by atoms with Crippen LogP contribution in [0.2, 0.25) is 0 Å². The van der Waals surface area contributed by atoms with Crippen LogP contribution in [0.3, 0.4) is 0 Å². The summed E-state index contributed by atoms with van der Waals surface area (Å²) >= 11 is 0. The summed E-state index contributed by atoms with van der Waals surface area (Å²) in [6, 6.07) is 4.25. The SMILES string of the molecule is CCCCCC1=CC2(C=C1c1cccnc1)CCC2. The number of aromatic nitrogens is 1. The molecule has 0 atom stereocenters. The molecule has 2 aliphatic carbocycles. The van der Waals surface area contributed by atoms with E-state index in [0.717, 1.165) is 0 Å². The largest absolute Gasteiger partial charge is 0.264 e. The molecule has 1 aromatic rings. The summed E-state index contributed by atoms with van der Waals surface area (Å²) in [5.74, 6) is 0. The molecule has 0 N–H and O–H groups in total. The standard InChI is InChI=1S/C18H23N/c1-2-3-4-7-15-12-18(9-6-10-18)13-17(15)16-8-5-11-19-14-16/h5,8,11-14H,2-4,6-7,9-10H2,1H3. The third kappa shape index (κ3) is 2.51. The third-order valence-corrected chi connectivity index (χ3v) is 4.55. The lowest BCUT2D eigenvalue weighted by molar-refractivity contribution is 0.281. The van der Waals surface area contributed by atoms with E-state index in [0.29, 0.717) is 5.41 Å². The van der Waals surface area contributed by atoms with E-state index in [-0.39, 0.29) is 0 Å². The van der Waals surface area contributed by atoms with Gasteiger partial charge in [-0.3, -0.25) is 4.98 Å². The van der Waals surface area contributed by atoms with Gasteiger partial charge in [0.25, 0.3) is 0 Å². The van der Waals surface area contributed by atoms with Crippen molar-refractivity contribution in [2.24, 2.45) is 5.41 Å². The summed E-state index contributed by atoms with van der Waals surface area (Å²) in [6.45, 7) is 2.27. The fourth-order valence-electron chi connectivity index (χ4n) is 3.28. The molecule has 0 aromatic carbocycles. The molecule has 1 nitrogen and oxygen atoms in total. The quantitative estimate of drug-likeness (QED) is 0.661. The van der Waals surface area contributed by atoms with Crippen molar-refractivity contribution in [1.29, 1.82) is 0 Å². The maximum atomic E-state index is 4.28. The topological polar surface area (TPSA) is 12.9 Å². The van der Waals surface area contributed by atoms with Gasteiger partial charge in [0.15, 0.2) is 0 Å². The minimum absolute atomic E-state index is 0.409. The van der Waals surface area contributed by atoms with Gasteiger partial charge in [-0.15, -0.1) is 0 Å². The molecule has 1 heteroatoms. The Labute approximate surface area is 116 Å². The van der Waals surface area contributed by atoms with E-state index >= 15 is 0 Å². The van der Waals surface area contributed by atoms with Crippen LogP contribution in [0.5, 0.6) is 0 Å². The first-order chi connectivity index (χ1) is 9.33. The number of unbranched alkanes of at least 4 members (excludes halogenated alkanes) is 2. The van der Waals surface area contributed by atoms with Gasteiger partial charge >= 0.3 is 0 Å². The van der Waals surface area contributed by atoms with Crippen LogP contribution in [0.25, 0.3) is 5.57 Å². The molecule has 0 amide bonds. The number of rotatable bonds is 5. The molecule has 2 aliphatic rings. The molecule has 0 aliphatic heterocycles. The molecule has 0 bridgehead atoms. The van der Waals surface area contributed by atoms with E-state index in [4.69, 9.17) is 0 Å². The summed E-state index contributed by atoms with van der Waals surface area (Å²) < 4.78 is 0. The zero-order valence-corrected chi connectivity index (χ0v) is 11.9. The first kappa shape index (κ1) is 12.7. The average Bonchev–Trinajstić information content (AvgIpc) is 2.80. The molecule has 1 fully saturated rings. The Morgan fingerprint density at radius 3 is 2.74 bits per heavy atom. The predicted molar refractivity (Wildman–Crippen MR) is 80.7 cm³/mol. The zero-order valence-electron chi connectivity index (χ0n) is 11.9. The molecular formula is C18H23N. The molecule has 1 aromatic heterocycles. The minimum atomic E-state index is 0.409. The highest BCUT2D eigenvalue weighted by Crippen LogP contribution is 2.52. The molecule has 1 saturated carbocycles. The van der Waals surface area contributed by atoms with E-state index in [1.54, 1.807) is 5.57 Å². The van der Waals surface area contributed by atoms with Crippen molar-refractivity contribution in [2.45, 2.75) is 51.9 Å². The van der Waals surface area contributed by atoms with Crippen LogP contribution < -0.4 is 0 Å². The van der Waals surface area contributed by atoms with E-state index in [1.807, 2.05) is 18.5 Å². The summed E-state index contributed by atoms with van der Waals surface area (Å²) in [4.78, 5) is 4.28. The van der Waals surface area contributed by atoms with E-state index in [1.165, 1.54) is 56.1 Å². The molecule has 3 rings (SSSR count). The Bertz CT molecular complexity index is 492. The normalized spacial score (nSPS) is 20.1. The van der Waals surface area contributed by atoms with Crippen LogP contribution in [0.1, 0.15) is 57.4 Å². The highest BCUT2D eigenvalue weighted by molar-refractivity contribution is 5.82. The lowest BCUT2D eigenvalue weighted by Crippen LogP contribution is -2.22. The second-order valence-electron chi connectivity index (χ2n) is 6.01. The van der Waals surface area contributed by atoms with Crippen LogP contribution in [0.15, 0.2) is 42.3 Å². The number of hydrogen-bond donors (Lipinski definition) is 0. The molecule has 1 spiro atoms. The third-order valence-electron chi connectivity index (χ3n) is 4.55. The van der Waals surface area contributed by atoms with Gasteiger partial charge < -0.3 is 0 Å². The average molecular weight is 253 g/mol. The van der Waals surface area contributed by atoms with Crippen molar-refractivity contribution in [3.05, 3.63) is 47.8 Å². The Balaban J connectivity index is 1.83. The van der Waals surface area contributed by atoms with Gasteiger partial charge in [0.05, 0.1) is 0 Å². The minimum Gasteiger partial charge on any atom is -0.264 e. The van der Waals surface area contributed by atoms with Crippen molar-refractivity contribution in [2.75, 3.05) is 0 Å². The molecule has 0 unspecified atom stereocenters. The van der Waals surface area contributed by atoms with Crippen LogP contribution in [0, 0.1) is 5.41 Å². The predicted octanol–water partition coefficient (Wildman–Crippen LogP) is 5.16. The van der Waals surface area contributed by atoms with Gasteiger partial charge in [-0.2, -0.15) is 0 Å². The van der Waals surface area contributed by atoms with Gasteiger partial charge in [-0.1, -0.05) is 44.4 Å². The maximum Gasteiger partial charge on any atom is 0.0346 e. The van der Waals surface area contributed by atoms with Gasteiger partial charge in [0, 0.05) is 17.8 Å². The highest BCUT2D eigenvalue weighted by atomic mass is 14.6. The number of nitrogens with zero attached hydrogens (tertiary/aromatic N) is 1. The molecule has 0 radical (unpaired) electrons. The first-order valence-electron chi connectivity index (χ1n) is 7.68. The monoisotopic (exact) mass is 253 g/mol. The molecule has 1 heterocycles. The molecule has 0 saturated heterocycles. The lowest BCUT2D eigenvalue weighted by atomic mass is 9.70. The van der Waals surface area contributed by atoms with Crippen molar-refractivity contribution < 1.29 is 0 Å². The van der Waals surface area contributed by atoms with Crippen molar-refractivity contribution in [3.8, 4) is 0 Å². The van der Waals surface area contributed by atoms with Gasteiger partial charge in [0.1, 0.15) is 0 Å². The van der Waals surface area contributed by atoms with E-state index in [2.05, 4.69) is 30.1 Å². The Hall–Kier alpha value is -1.37. The molecule has 19 heavy (non-hydrogen) atoms. The van der Waals surface area contributed by atoms with Crippen LogP contribution >= 0.6 is 0 Å². The smallest absolute Gasteiger partial charge is 0.0346 e. The van der Waals surface area contributed by atoms with Crippen molar-refractivity contribution in [3.63, 3.8) is 0 Å². The summed E-state index contributed by atoms with van der Waals surface area (Å²) in [5, 5.41) is 0. The van der Waals surface area contributed by atoms with Crippen LogP contribution in [0.4, 0.5) is 0 Å². The van der Waals surface area contributed by atoms with Gasteiger partial charge in [-0.25, -0.2) is 0 Å². The summed E-state index contributed by atoms with van der Waals surface area (Å²) in [7, 11) is 0. The molecule has 100 valence electrons. The second-order valence-corrected chi connectivity index (χ2v) is 6.01. The summed E-state index contributed by atoms with van der Waals surface area (Å²) in [6.07, 6.45) is 18.2.